The van der Waals surface area contributed by atoms with Gasteiger partial charge in [-0.15, -0.1) is 0 Å². The van der Waals surface area contributed by atoms with Crippen LogP contribution in [0.2, 0.25) is 0 Å². The summed E-state index contributed by atoms with van der Waals surface area (Å²) in [6, 6.07) is 13.9. The van der Waals surface area contributed by atoms with Gasteiger partial charge in [0.25, 0.3) is 0 Å². The number of nitrogens with zero attached hydrogens (tertiary/aromatic N) is 1. The Bertz CT molecular complexity index is 806. The third-order valence-electron chi connectivity index (χ3n) is 4.84. The van der Waals surface area contributed by atoms with E-state index in [1.807, 2.05) is 37.3 Å². The first-order valence-corrected chi connectivity index (χ1v) is 8.97. The lowest BCUT2D eigenvalue weighted by Crippen LogP contribution is -2.65. The Hall–Kier alpha value is -2.01. The molecule has 2 heterocycles. The maximum absolute atomic E-state index is 12.8. The molecule has 24 heavy (non-hydrogen) atoms. The van der Waals surface area contributed by atoms with E-state index in [1.165, 1.54) is 5.56 Å². The van der Waals surface area contributed by atoms with Crippen molar-refractivity contribution in [2.75, 3.05) is 4.90 Å². The van der Waals surface area contributed by atoms with Crippen molar-refractivity contribution in [1.82, 2.24) is 5.32 Å². The first-order chi connectivity index (χ1) is 11.5. The van der Waals surface area contributed by atoms with Gasteiger partial charge in [-0.05, 0) is 49.2 Å². The Morgan fingerprint density at radius 1 is 1.29 bits per heavy atom. The number of hydrogen-bond donors (Lipinski definition) is 1. The van der Waals surface area contributed by atoms with Crippen LogP contribution in [0.4, 0.5) is 10.5 Å². The number of fused-ring (bicyclic) bond motifs is 4. The summed E-state index contributed by atoms with van der Waals surface area (Å²) >= 11 is 3.49. The summed E-state index contributed by atoms with van der Waals surface area (Å²) in [6.45, 7) is 4.10. The predicted molar refractivity (Wildman–Crippen MR) is 97.4 cm³/mol. The van der Waals surface area contributed by atoms with Gasteiger partial charge in [0.05, 0.1) is 6.04 Å². The topological polar surface area (TPSA) is 41.6 Å². The molecule has 2 aromatic carbocycles. The zero-order chi connectivity index (χ0) is 16.9. The minimum atomic E-state index is -0.693. The number of hydrogen-bond acceptors (Lipinski definition) is 2. The molecule has 0 radical (unpaired) electrons. The van der Waals surface area contributed by atoms with Gasteiger partial charge in [-0.3, -0.25) is 4.90 Å². The lowest BCUT2D eigenvalue weighted by molar-refractivity contribution is 0.0378. The molecule has 4 rings (SSSR count). The fourth-order valence-corrected chi connectivity index (χ4v) is 4.00. The van der Waals surface area contributed by atoms with Crippen LogP contribution in [0.5, 0.6) is 5.75 Å². The minimum absolute atomic E-state index is 0.0325. The number of halogens is 1. The molecule has 4 nitrogen and oxygen atoms in total. The van der Waals surface area contributed by atoms with Gasteiger partial charge in [-0.1, -0.05) is 35.0 Å². The zero-order valence-corrected chi connectivity index (χ0v) is 15.3. The van der Waals surface area contributed by atoms with Crippen molar-refractivity contribution in [2.45, 2.75) is 38.5 Å². The van der Waals surface area contributed by atoms with Crippen molar-refractivity contribution in [3.63, 3.8) is 0 Å². The highest BCUT2D eigenvalue weighted by Gasteiger charge is 2.49. The van der Waals surface area contributed by atoms with Gasteiger partial charge in [-0.25, -0.2) is 4.79 Å². The summed E-state index contributed by atoms with van der Waals surface area (Å²) in [6.07, 6.45) is 1.68. The second-order valence-corrected chi connectivity index (χ2v) is 7.44. The fourth-order valence-electron chi connectivity index (χ4n) is 3.62. The number of ether oxygens (including phenoxy) is 1. The van der Waals surface area contributed by atoms with Gasteiger partial charge in [0.1, 0.15) is 5.75 Å². The van der Waals surface area contributed by atoms with Gasteiger partial charge < -0.3 is 10.1 Å². The lowest BCUT2D eigenvalue weighted by Gasteiger charge is -2.50. The Morgan fingerprint density at radius 3 is 2.75 bits per heavy atom. The van der Waals surface area contributed by atoms with Crippen molar-refractivity contribution < 1.29 is 9.53 Å². The third-order valence-corrected chi connectivity index (χ3v) is 5.33. The average molecular weight is 387 g/mol. The molecule has 1 fully saturated rings. The van der Waals surface area contributed by atoms with Crippen LogP contribution in [-0.2, 0) is 6.42 Å². The molecule has 0 spiro atoms. The summed E-state index contributed by atoms with van der Waals surface area (Å²) < 4.78 is 7.27. The van der Waals surface area contributed by atoms with E-state index >= 15 is 0 Å². The molecule has 0 aliphatic carbocycles. The van der Waals surface area contributed by atoms with Crippen LogP contribution in [0.25, 0.3) is 0 Å². The molecule has 1 N–H and O–H groups in total. The molecular weight excluding hydrogens is 368 g/mol. The van der Waals surface area contributed by atoms with E-state index in [0.717, 1.165) is 27.9 Å². The van der Waals surface area contributed by atoms with E-state index in [1.54, 1.807) is 4.90 Å². The van der Waals surface area contributed by atoms with Crippen molar-refractivity contribution >= 4 is 27.6 Å². The maximum Gasteiger partial charge on any atom is 0.325 e. The Kier molecular flexibility index (Phi) is 3.57. The maximum atomic E-state index is 12.8. The van der Waals surface area contributed by atoms with Gasteiger partial charge in [0.15, 0.2) is 5.72 Å². The number of urea groups is 1. The number of carbonyl (C=O) groups is 1. The van der Waals surface area contributed by atoms with Crippen molar-refractivity contribution in [3.8, 4) is 5.75 Å². The van der Waals surface area contributed by atoms with E-state index in [0.29, 0.717) is 6.42 Å². The molecule has 2 atom stereocenters. The van der Waals surface area contributed by atoms with E-state index in [-0.39, 0.29) is 12.1 Å². The molecule has 2 aromatic rings. The van der Waals surface area contributed by atoms with Crippen LogP contribution in [0.3, 0.4) is 0 Å². The Morgan fingerprint density at radius 2 is 2.04 bits per heavy atom. The highest BCUT2D eigenvalue weighted by Crippen LogP contribution is 2.46. The highest BCUT2D eigenvalue weighted by atomic mass is 79.9. The van der Waals surface area contributed by atoms with Crippen LogP contribution in [-0.4, -0.2) is 11.8 Å². The van der Waals surface area contributed by atoms with E-state index in [2.05, 4.69) is 40.3 Å². The molecule has 1 saturated heterocycles. The molecule has 0 unspecified atom stereocenters. The van der Waals surface area contributed by atoms with Crippen LogP contribution >= 0.6 is 15.9 Å². The van der Waals surface area contributed by atoms with Crippen LogP contribution in [0.1, 0.15) is 37.4 Å². The van der Waals surface area contributed by atoms with Gasteiger partial charge in [0, 0.05) is 22.1 Å². The van der Waals surface area contributed by atoms with Crippen molar-refractivity contribution in [1.29, 1.82) is 0 Å². The summed E-state index contributed by atoms with van der Waals surface area (Å²) in [7, 11) is 0. The molecule has 0 aromatic heterocycles. The van der Waals surface area contributed by atoms with Gasteiger partial charge >= 0.3 is 6.03 Å². The van der Waals surface area contributed by atoms with Gasteiger partial charge in [0.2, 0.25) is 0 Å². The molecular formula is C19H19BrN2O2. The smallest absolute Gasteiger partial charge is 0.325 e. The van der Waals surface area contributed by atoms with E-state index in [4.69, 9.17) is 4.74 Å². The SMILES string of the molecule is CCc1ccc(N2C(=O)N[C@@H]3C[C@]2(C)Oc2ccc(Br)cc23)cc1. The normalized spacial score (nSPS) is 24.9. The highest BCUT2D eigenvalue weighted by molar-refractivity contribution is 9.10. The quantitative estimate of drug-likeness (QED) is 0.806. The van der Waals surface area contributed by atoms with Crippen LogP contribution < -0.4 is 15.0 Å². The number of amides is 2. The second kappa shape index (κ2) is 5.52. The van der Waals surface area contributed by atoms with E-state index < -0.39 is 5.72 Å². The molecule has 124 valence electrons. The lowest BCUT2D eigenvalue weighted by atomic mass is 9.90. The van der Waals surface area contributed by atoms with E-state index in [9.17, 15) is 4.79 Å². The van der Waals surface area contributed by atoms with Crippen molar-refractivity contribution in [3.05, 3.63) is 58.1 Å². The van der Waals surface area contributed by atoms with Crippen LogP contribution in [0.15, 0.2) is 46.9 Å². The van der Waals surface area contributed by atoms with Crippen LogP contribution in [0, 0.1) is 0 Å². The first kappa shape index (κ1) is 15.5. The Labute approximate surface area is 149 Å². The number of carbonyl (C=O) groups excluding carboxylic acids is 1. The molecule has 0 saturated carbocycles. The molecule has 2 bridgehead atoms. The number of anilines is 1. The first-order valence-electron chi connectivity index (χ1n) is 8.18. The molecule has 2 aliphatic heterocycles. The predicted octanol–water partition coefficient (Wildman–Crippen LogP) is 4.78. The number of nitrogens with one attached hydrogen (secondary N) is 1. The molecule has 5 heteroatoms. The molecule has 2 amide bonds. The number of benzene rings is 2. The average Bonchev–Trinajstić information content (AvgIpc) is 2.55. The Balaban J connectivity index is 1.76. The largest absolute Gasteiger partial charge is 0.467 e. The third kappa shape index (κ3) is 2.38. The monoisotopic (exact) mass is 386 g/mol. The number of aryl methyl sites for hydroxylation is 1. The van der Waals surface area contributed by atoms with Gasteiger partial charge in [-0.2, -0.15) is 0 Å². The summed E-state index contributed by atoms with van der Waals surface area (Å²) in [5.74, 6) is 0.826. The summed E-state index contributed by atoms with van der Waals surface area (Å²) in [5.41, 5.74) is 2.43. The zero-order valence-electron chi connectivity index (χ0n) is 13.7. The fraction of sp³-hybridized carbons (Fsp3) is 0.316. The standard InChI is InChI=1S/C19H19BrN2O2/c1-3-12-4-7-14(8-5-12)22-18(23)21-16-11-19(22,2)24-17-9-6-13(20)10-15(16)17/h4-10,16H,3,11H2,1-2H3,(H,21,23)/t16-,19+/m1/s1. The second-order valence-electron chi connectivity index (χ2n) is 6.52. The summed E-state index contributed by atoms with van der Waals surface area (Å²) in [5, 5.41) is 3.12. The molecule has 2 aliphatic rings. The van der Waals surface area contributed by atoms with Crippen molar-refractivity contribution in [2.24, 2.45) is 0 Å². The minimum Gasteiger partial charge on any atom is -0.467 e. The summed E-state index contributed by atoms with van der Waals surface area (Å²) in [4.78, 5) is 14.5. The number of rotatable bonds is 2.